The number of rotatable bonds is 2. The molecule has 1 aliphatic heterocycles. The Hall–Kier alpha value is -0.610. The zero-order valence-electron chi connectivity index (χ0n) is 8.20. The van der Waals surface area contributed by atoms with E-state index in [9.17, 15) is 0 Å². The second-order valence-electron chi connectivity index (χ2n) is 3.57. The first-order valence-electron chi connectivity index (χ1n) is 4.83. The van der Waals surface area contributed by atoms with E-state index in [0.29, 0.717) is 6.04 Å². The van der Waals surface area contributed by atoms with Gasteiger partial charge in [0, 0.05) is 25.8 Å². The largest absolute Gasteiger partial charge is 0.354 e. The highest BCUT2D eigenvalue weighted by atomic mass is 79.9. The molecule has 0 bridgehead atoms. The number of aromatic nitrogens is 1. The quantitative estimate of drug-likeness (QED) is 0.871. The molecule has 76 valence electrons. The van der Waals surface area contributed by atoms with Crippen LogP contribution in [0, 0.1) is 0 Å². The van der Waals surface area contributed by atoms with E-state index in [2.05, 4.69) is 38.2 Å². The highest BCUT2D eigenvalue weighted by molar-refractivity contribution is 9.10. The second-order valence-corrected chi connectivity index (χ2v) is 4.42. The molecule has 0 spiro atoms. The maximum absolute atomic E-state index is 4.37. The molecule has 1 aromatic heterocycles. The molecular formula is C10H14BrN3. The lowest BCUT2D eigenvalue weighted by atomic mass is 10.2. The number of hydrogen-bond acceptors (Lipinski definition) is 3. The van der Waals surface area contributed by atoms with E-state index in [1.807, 2.05) is 18.3 Å². The molecule has 0 saturated carbocycles. The van der Waals surface area contributed by atoms with Gasteiger partial charge in [-0.15, -0.1) is 0 Å². The summed E-state index contributed by atoms with van der Waals surface area (Å²) in [5.74, 6) is 1.03. The van der Waals surface area contributed by atoms with Gasteiger partial charge in [0.2, 0.25) is 0 Å². The molecule has 1 N–H and O–H groups in total. The average molecular weight is 256 g/mol. The number of nitrogens with zero attached hydrogens (tertiary/aromatic N) is 2. The molecule has 1 atom stereocenters. The van der Waals surface area contributed by atoms with Crippen LogP contribution < -0.4 is 10.2 Å². The smallest absolute Gasteiger partial charge is 0.142 e. The Morgan fingerprint density at radius 2 is 2.50 bits per heavy atom. The van der Waals surface area contributed by atoms with Gasteiger partial charge < -0.3 is 10.2 Å². The van der Waals surface area contributed by atoms with Crippen LogP contribution >= 0.6 is 15.9 Å². The molecular weight excluding hydrogens is 242 g/mol. The van der Waals surface area contributed by atoms with Gasteiger partial charge in [0.25, 0.3) is 0 Å². The Balaban J connectivity index is 2.17. The van der Waals surface area contributed by atoms with Gasteiger partial charge in [-0.3, -0.25) is 0 Å². The molecule has 1 aromatic rings. The molecule has 14 heavy (non-hydrogen) atoms. The highest BCUT2D eigenvalue weighted by Gasteiger charge is 2.21. The van der Waals surface area contributed by atoms with Crippen LogP contribution in [0.25, 0.3) is 0 Å². The maximum atomic E-state index is 4.37. The second kappa shape index (κ2) is 4.28. The molecule has 3 nitrogen and oxygen atoms in total. The van der Waals surface area contributed by atoms with Crippen LogP contribution in [0.2, 0.25) is 0 Å². The Morgan fingerprint density at radius 3 is 3.14 bits per heavy atom. The van der Waals surface area contributed by atoms with E-state index in [0.717, 1.165) is 23.4 Å². The monoisotopic (exact) mass is 255 g/mol. The van der Waals surface area contributed by atoms with Gasteiger partial charge in [-0.25, -0.2) is 4.98 Å². The zero-order valence-corrected chi connectivity index (χ0v) is 9.79. The normalized spacial score (nSPS) is 21.1. The maximum Gasteiger partial charge on any atom is 0.142 e. The van der Waals surface area contributed by atoms with Crippen molar-refractivity contribution in [3.05, 3.63) is 22.8 Å². The molecule has 2 rings (SSSR count). The van der Waals surface area contributed by atoms with Crippen LogP contribution in [0.3, 0.4) is 0 Å². The van der Waals surface area contributed by atoms with Gasteiger partial charge in [-0.1, -0.05) is 0 Å². The minimum Gasteiger partial charge on any atom is -0.354 e. The van der Waals surface area contributed by atoms with Crippen molar-refractivity contribution >= 4 is 21.7 Å². The third kappa shape index (κ3) is 1.91. The Kier molecular flexibility index (Phi) is 3.03. The van der Waals surface area contributed by atoms with E-state index in [1.165, 1.54) is 6.42 Å². The summed E-state index contributed by atoms with van der Waals surface area (Å²) in [7, 11) is 2.10. The summed E-state index contributed by atoms with van der Waals surface area (Å²) >= 11 is 3.52. The fraction of sp³-hybridized carbons (Fsp3) is 0.500. The third-order valence-corrected chi connectivity index (χ3v) is 3.27. The summed E-state index contributed by atoms with van der Waals surface area (Å²) < 4.78 is 1.06. The molecule has 1 aliphatic rings. The van der Waals surface area contributed by atoms with Gasteiger partial charge in [0.15, 0.2) is 0 Å². The molecule has 0 amide bonds. The summed E-state index contributed by atoms with van der Waals surface area (Å²) in [5, 5.41) is 3.36. The van der Waals surface area contributed by atoms with Crippen molar-refractivity contribution in [3.8, 4) is 0 Å². The Bertz CT molecular complexity index is 310. The third-order valence-electron chi connectivity index (χ3n) is 2.66. The zero-order chi connectivity index (χ0) is 9.97. The van der Waals surface area contributed by atoms with Crippen LogP contribution in [0.15, 0.2) is 22.8 Å². The van der Waals surface area contributed by atoms with Gasteiger partial charge in [-0.05, 0) is 41.0 Å². The first-order chi connectivity index (χ1) is 6.79. The van der Waals surface area contributed by atoms with Crippen molar-refractivity contribution < 1.29 is 0 Å². The van der Waals surface area contributed by atoms with Gasteiger partial charge in [0.1, 0.15) is 5.82 Å². The minimum absolute atomic E-state index is 0.571. The molecule has 1 fully saturated rings. The SMILES string of the molecule is CN(c1ncccc1Br)C1CCNC1. The van der Waals surface area contributed by atoms with E-state index in [1.54, 1.807) is 0 Å². The van der Waals surface area contributed by atoms with Crippen LogP contribution in [-0.2, 0) is 0 Å². The van der Waals surface area contributed by atoms with Gasteiger partial charge >= 0.3 is 0 Å². The standard InChI is InChI=1S/C10H14BrN3/c1-14(8-4-6-12-7-8)10-9(11)3-2-5-13-10/h2-3,5,8,12H,4,6-7H2,1H3. The van der Waals surface area contributed by atoms with E-state index in [4.69, 9.17) is 0 Å². The number of halogens is 1. The molecule has 0 aliphatic carbocycles. The molecule has 4 heteroatoms. The summed E-state index contributed by atoms with van der Waals surface area (Å²) in [4.78, 5) is 6.61. The summed E-state index contributed by atoms with van der Waals surface area (Å²) in [6, 6.07) is 4.54. The van der Waals surface area contributed by atoms with E-state index < -0.39 is 0 Å². The molecule has 2 heterocycles. The minimum atomic E-state index is 0.571. The number of likely N-dealkylation sites (N-methyl/N-ethyl adjacent to an activating group) is 1. The van der Waals surface area contributed by atoms with Crippen molar-refractivity contribution in [2.45, 2.75) is 12.5 Å². The van der Waals surface area contributed by atoms with Crippen LogP contribution in [0.1, 0.15) is 6.42 Å². The van der Waals surface area contributed by atoms with Crippen LogP contribution in [0.4, 0.5) is 5.82 Å². The van der Waals surface area contributed by atoms with E-state index in [-0.39, 0.29) is 0 Å². The lowest BCUT2D eigenvalue weighted by molar-refractivity contribution is 0.676. The molecule has 0 radical (unpaired) electrons. The summed E-state index contributed by atoms with van der Waals surface area (Å²) in [6.45, 7) is 2.17. The topological polar surface area (TPSA) is 28.2 Å². The predicted molar refractivity (Wildman–Crippen MR) is 61.6 cm³/mol. The lowest BCUT2D eigenvalue weighted by Gasteiger charge is -2.25. The number of nitrogens with one attached hydrogen (secondary N) is 1. The van der Waals surface area contributed by atoms with Crippen molar-refractivity contribution in [2.24, 2.45) is 0 Å². The first-order valence-corrected chi connectivity index (χ1v) is 5.62. The van der Waals surface area contributed by atoms with Crippen molar-refractivity contribution in [1.29, 1.82) is 0 Å². The molecule has 1 unspecified atom stereocenters. The van der Waals surface area contributed by atoms with Gasteiger partial charge in [-0.2, -0.15) is 0 Å². The molecule has 1 saturated heterocycles. The Labute approximate surface area is 92.6 Å². The number of anilines is 1. The van der Waals surface area contributed by atoms with Crippen molar-refractivity contribution in [2.75, 3.05) is 25.0 Å². The van der Waals surface area contributed by atoms with Crippen molar-refractivity contribution in [1.82, 2.24) is 10.3 Å². The van der Waals surface area contributed by atoms with E-state index >= 15 is 0 Å². The highest BCUT2D eigenvalue weighted by Crippen LogP contribution is 2.24. The predicted octanol–water partition coefficient (Wildman–Crippen LogP) is 1.64. The first kappa shape index (κ1) is 9.93. The van der Waals surface area contributed by atoms with Crippen LogP contribution in [0.5, 0.6) is 0 Å². The number of pyridine rings is 1. The molecule has 0 aromatic carbocycles. The number of hydrogen-bond donors (Lipinski definition) is 1. The van der Waals surface area contributed by atoms with Crippen LogP contribution in [-0.4, -0.2) is 31.2 Å². The fourth-order valence-electron chi connectivity index (χ4n) is 1.78. The van der Waals surface area contributed by atoms with Gasteiger partial charge in [0.05, 0.1) is 4.47 Å². The van der Waals surface area contributed by atoms with Crippen molar-refractivity contribution in [3.63, 3.8) is 0 Å². The lowest BCUT2D eigenvalue weighted by Crippen LogP contribution is -2.34. The Morgan fingerprint density at radius 1 is 1.64 bits per heavy atom. The summed E-state index contributed by atoms with van der Waals surface area (Å²) in [5.41, 5.74) is 0. The average Bonchev–Trinajstić information content (AvgIpc) is 2.70. The fourth-order valence-corrected chi connectivity index (χ4v) is 2.31. The summed E-state index contributed by atoms with van der Waals surface area (Å²) in [6.07, 6.45) is 3.03.